The third kappa shape index (κ3) is 5.47. The second-order valence-corrected chi connectivity index (χ2v) is 6.82. The molecule has 2 N–H and O–H groups in total. The first-order valence-corrected chi connectivity index (χ1v) is 9.51. The Morgan fingerprint density at radius 3 is 2.48 bits per heavy atom. The fourth-order valence-corrected chi connectivity index (χ4v) is 3.16. The predicted octanol–water partition coefficient (Wildman–Crippen LogP) is 2.55. The van der Waals surface area contributed by atoms with E-state index in [9.17, 15) is 5.11 Å². The topological polar surface area (TPSA) is 49.5 Å². The Labute approximate surface area is 162 Å². The van der Waals surface area contributed by atoms with Gasteiger partial charge in [-0.15, -0.1) is 0 Å². The molecule has 5 heteroatoms. The molecule has 0 radical (unpaired) electrons. The maximum Gasteiger partial charge on any atom is 0.133 e. The molecular weight excluding hydrogens is 338 g/mol. The molecule has 0 aromatic heterocycles. The van der Waals surface area contributed by atoms with E-state index in [0.717, 1.165) is 30.1 Å². The van der Waals surface area contributed by atoms with Crippen molar-refractivity contribution in [2.24, 2.45) is 4.99 Å². The number of methoxy groups -OCH3 is 1. The number of nitrogens with zero attached hydrogens (tertiary/aromatic N) is 2. The van der Waals surface area contributed by atoms with Crippen LogP contribution >= 0.6 is 0 Å². The van der Waals surface area contributed by atoms with E-state index in [2.05, 4.69) is 50.0 Å². The van der Waals surface area contributed by atoms with E-state index in [-0.39, 0.29) is 11.8 Å². The number of aliphatic imine (C=N–C) groups is 1. The Bertz CT molecular complexity index is 755. The van der Waals surface area contributed by atoms with Gasteiger partial charge in [0.1, 0.15) is 17.5 Å². The number of benzene rings is 2. The van der Waals surface area contributed by atoms with Crippen molar-refractivity contribution in [2.45, 2.75) is 19.9 Å². The number of likely N-dealkylation sites (N-methyl/N-ethyl adjacent to an activating group) is 1. The van der Waals surface area contributed by atoms with Crippen LogP contribution in [0.25, 0.3) is 0 Å². The Balaban J connectivity index is 2.14. The molecule has 2 aromatic rings. The molecule has 146 valence electrons. The largest absolute Gasteiger partial charge is 0.507 e. The van der Waals surface area contributed by atoms with Gasteiger partial charge in [0.2, 0.25) is 0 Å². The molecular formula is C22H32N3O2+. The minimum Gasteiger partial charge on any atom is -0.507 e. The molecule has 0 amide bonds. The summed E-state index contributed by atoms with van der Waals surface area (Å²) in [6, 6.07) is 14.1. The molecule has 0 aliphatic rings. The SMILES string of the molecule is CCN(CC)c1ccc(C=NC[C@H](c2cccc(OC)c2)[NH+](C)C)c(O)c1. The van der Waals surface area contributed by atoms with Crippen molar-refractivity contribution < 1.29 is 14.7 Å². The number of anilines is 1. The van der Waals surface area contributed by atoms with E-state index >= 15 is 0 Å². The maximum atomic E-state index is 10.4. The summed E-state index contributed by atoms with van der Waals surface area (Å²) in [7, 11) is 5.92. The highest BCUT2D eigenvalue weighted by Gasteiger charge is 2.17. The third-order valence-electron chi connectivity index (χ3n) is 4.85. The van der Waals surface area contributed by atoms with E-state index < -0.39 is 0 Å². The van der Waals surface area contributed by atoms with Crippen molar-refractivity contribution in [1.29, 1.82) is 0 Å². The molecule has 0 saturated heterocycles. The molecule has 0 spiro atoms. The van der Waals surface area contributed by atoms with Crippen LogP contribution in [0.1, 0.15) is 31.0 Å². The van der Waals surface area contributed by atoms with E-state index in [4.69, 9.17) is 4.74 Å². The molecule has 2 aromatic carbocycles. The first kappa shape index (κ1) is 20.8. The van der Waals surface area contributed by atoms with Crippen molar-refractivity contribution in [2.75, 3.05) is 45.7 Å². The van der Waals surface area contributed by atoms with Crippen molar-refractivity contribution in [3.05, 3.63) is 53.6 Å². The van der Waals surface area contributed by atoms with E-state index in [1.807, 2.05) is 30.3 Å². The van der Waals surface area contributed by atoms with Gasteiger partial charge in [-0.25, -0.2) is 0 Å². The predicted molar refractivity (Wildman–Crippen MR) is 113 cm³/mol. The van der Waals surface area contributed by atoms with E-state index in [1.165, 1.54) is 10.5 Å². The first-order valence-electron chi connectivity index (χ1n) is 9.51. The first-order chi connectivity index (χ1) is 13.0. The lowest BCUT2D eigenvalue weighted by molar-refractivity contribution is -0.890. The Hall–Kier alpha value is -2.53. The van der Waals surface area contributed by atoms with Gasteiger partial charge in [-0.2, -0.15) is 0 Å². The molecule has 5 nitrogen and oxygen atoms in total. The number of phenolic OH excluding ortho intramolecular Hbond substituents is 1. The van der Waals surface area contributed by atoms with Crippen LogP contribution in [-0.4, -0.2) is 52.2 Å². The second-order valence-electron chi connectivity index (χ2n) is 6.82. The molecule has 2 rings (SSSR count). The highest BCUT2D eigenvalue weighted by atomic mass is 16.5. The Kier molecular flexibility index (Phi) is 7.67. The summed E-state index contributed by atoms with van der Waals surface area (Å²) in [5.74, 6) is 1.12. The third-order valence-corrected chi connectivity index (χ3v) is 4.85. The van der Waals surface area contributed by atoms with E-state index in [0.29, 0.717) is 6.54 Å². The molecule has 0 bridgehead atoms. The molecule has 0 aliphatic carbocycles. The normalized spacial score (nSPS) is 12.5. The number of quaternary nitrogens is 1. The van der Waals surface area contributed by atoms with E-state index in [1.54, 1.807) is 13.3 Å². The number of phenols is 1. The van der Waals surface area contributed by atoms with Gasteiger partial charge in [-0.1, -0.05) is 12.1 Å². The summed E-state index contributed by atoms with van der Waals surface area (Å²) in [5.41, 5.74) is 2.96. The van der Waals surface area contributed by atoms with Crippen molar-refractivity contribution >= 4 is 11.9 Å². The smallest absolute Gasteiger partial charge is 0.133 e. The summed E-state index contributed by atoms with van der Waals surface area (Å²) in [6.45, 7) is 6.68. The summed E-state index contributed by atoms with van der Waals surface area (Å²) in [6.07, 6.45) is 1.76. The lowest BCUT2D eigenvalue weighted by Gasteiger charge is -2.21. The minimum absolute atomic E-state index is 0.216. The number of nitrogens with one attached hydrogen (secondary N) is 1. The summed E-state index contributed by atoms with van der Waals surface area (Å²) in [4.78, 5) is 8.11. The van der Waals surface area contributed by atoms with Crippen molar-refractivity contribution in [3.8, 4) is 11.5 Å². The summed E-state index contributed by atoms with van der Waals surface area (Å²) < 4.78 is 5.34. The lowest BCUT2D eigenvalue weighted by Crippen LogP contribution is -3.06. The zero-order chi connectivity index (χ0) is 19.8. The van der Waals surface area contributed by atoms with Crippen LogP contribution in [0.5, 0.6) is 11.5 Å². The van der Waals surface area contributed by atoms with Gasteiger partial charge >= 0.3 is 0 Å². The average Bonchev–Trinajstić information content (AvgIpc) is 2.67. The molecule has 0 fully saturated rings. The van der Waals surface area contributed by atoms with Gasteiger partial charge in [0, 0.05) is 42.2 Å². The van der Waals surface area contributed by atoms with Crippen molar-refractivity contribution in [1.82, 2.24) is 0 Å². The fourth-order valence-electron chi connectivity index (χ4n) is 3.16. The van der Waals surface area contributed by atoms with Gasteiger partial charge in [0.05, 0.1) is 27.7 Å². The maximum absolute atomic E-state index is 10.4. The average molecular weight is 371 g/mol. The lowest BCUT2D eigenvalue weighted by atomic mass is 10.1. The monoisotopic (exact) mass is 370 g/mol. The Morgan fingerprint density at radius 1 is 1.15 bits per heavy atom. The molecule has 1 atom stereocenters. The van der Waals surface area contributed by atoms with Gasteiger partial charge in [-0.3, -0.25) is 4.99 Å². The van der Waals surface area contributed by atoms with Crippen LogP contribution in [-0.2, 0) is 0 Å². The number of hydrogen-bond donors (Lipinski definition) is 2. The van der Waals surface area contributed by atoms with Crippen LogP contribution in [0.2, 0.25) is 0 Å². The number of rotatable bonds is 9. The zero-order valence-electron chi connectivity index (χ0n) is 17.1. The van der Waals surface area contributed by atoms with Gasteiger partial charge in [0.25, 0.3) is 0 Å². The summed E-state index contributed by atoms with van der Waals surface area (Å²) in [5, 5.41) is 10.4. The number of ether oxygens (including phenoxy) is 1. The molecule has 0 unspecified atom stereocenters. The van der Waals surface area contributed by atoms with Crippen LogP contribution in [0, 0.1) is 0 Å². The molecule has 0 saturated carbocycles. The standard InChI is InChI=1S/C22H31N3O2/c1-6-25(7-2)19-12-11-18(22(26)14-19)15-23-16-21(24(3)4)17-9-8-10-20(13-17)27-5/h8-15,21,26H,6-7,16H2,1-5H3/p+1/t21-/m1/s1. The van der Waals surface area contributed by atoms with Crippen LogP contribution in [0.4, 0.5) is 5.69 Å². The van der Waals surface area contributed by atoms with Crippen molar-refractivity contribution in [3.63, 3.8) is 0 Å². The molecule has 27 heavy (non-hydrogen) atoms. The second kappa shape index (κ2) is 9.97. The minimum atomic E-state index is 0.216. The van der Waals surface area contributed by atoms with Gasteiger partial charge in [0.15, 0.2) is 0 Å². The molecule has 0 aliphatic heterocycles. The summed E-state index contributed by atoms with van der Waals surface area (Å²) >= 11 is 0. The fraction of sp³-hybridized carbons (Fsp3) is 0.409. The quantitative estimate of drug-likeness (QED) is 0.667. The van der Waals surface area contributed by atoms with Crippen LogP contribution < -0.4 is 14.5 Å². The number of hydrogen-bond acceptors (Lipinski definition) is 4. The highest BCUT2D eigenvalue weighted by molar-refractivity contribution is 5.84. The van der Waals surface area contributed by atoms with Crippen LogP contribution in [0.15, 0.2) is 47.5 Å². The highest BCUT2D eigenvalue weighted by Crippen LogP contribution is 2.24. The molecule has 0 heterocycles. The van der Waals surface area contributed by atoms with Gasteiger partial charge in [-0.05, 0) is 38.1 Å². The zero-order valence-corrected chi connectivity index (χ0v) is 17.1. The van der Waals surface area contributed by atoms with Gasteiger partial charge < -0.3 is 19.6 Å². The number of aromatic hydroxyl groups is 1. The van der Waals surface area contributed by atoms with Crippen LogP contribution in [0.3, 0.4) is 0 Å². The Morgan fingerprint density at radius 2 is 1.89 bits per heavy atom.